The molecule has 236 valence electrons. The number of carbonyl (C=O) groups is 8. The van der Waals surface area contributed by atoms with Crippen LogP contribution in [0.3, 0.4) is 0 Å². The molecule has 0 atom stereocenters. The van der Waals surface area contributed by atoms with E-state index < -0.39 is 100 Å². The van der Waals surface area contributed by atoms with E-state index in [1.807, 2.05) is 0 Å². The molecule has 0 aliphatic heterocycles. The van der Waals surface area contributed by atoms with Crippen molar-refractivity contribution in [1.29, 1.82) is 0 Å². The zero-order chi connectivity index (χ0) is 31.4. The zero-order valence-electron chi connectivity index (χ0n) is 23.7. The second-order valence-corrected chi connectivity index (χ2v) is 7.91. The van der Waals surface area contributed by atoms with Crippen molar-refractivity contribution >= 4 is 182 Å². The fourth-order valence-electron chi connectivity index (χ4n) is 2.92. The molecule has 0 fully saturated rings. The molecular formula is C20H32Ca2N4Na4O16. The van der Waals surface area contributed by atoms with E-state index in [4.69, 9.17) is 20.4 Å². The Balaban J connectivity index is -0.0000000926. The zero-order valence-corrected chi connectivity index (χ0v) is 29.9. The summed E-state index contributed by atoms with van der Waals surface area (Å²) in [5.74, 6) is -11.0. The van der Waals surface area contributed by atoms with Gasteiger partial charge in [0, 0.05) is 52.4 Å². The van der Waals surface area contributed by atoms with E-state index in [2.05, 4.69) is 0 Å². The van der Waals surface area contributed by atoms with Gasteiger partial charge in [0.2, 0.25) is 0 Å². The molecule has 0 aromatic heterocycles. The van der Waals surface area contributed by atoms with Gasteiger partial charge in [-0.05, 0) is 0 Å². The third-order valence-electron chi connectivity index (χ3n) is 4.31. The number of hydrogen-bond acceptors (Lipinski definition) is 16. The first-order valence-electron chi connectivity index (χ1n) is 11.0. The van der Waals surface area contributed by atoms with Crippen LogP contribution in [0.1, 0.15) is 0 Å². The molecular weight excluding hydrogens is 724 g/mol. The van der Waals surface area contributed by atoms with E-state index >= 15 is 0 Å². The topological polar surface area (TPSA) is 323 Å². The number of rotatable bonds is 22. The molecule has 26 heteroatoms. The summed E-state index contributed by atoms with van der Waals surface area (Å²) in [7, 11) is 0. The second-order valence-electron chi connectivity index (χ2n) is 7.91. The van der Waals surface area contributed by atoms with Gasteiger partial charge >= 0.3 is 218 Å². The van der Waals surface area contributed by atoms with E-state index in [0.717, 1.165) is 19.6 Å². The van der Waals surface area contributed by atoms with Crippen LogP contribution in [0.5, 0.6) is 0 Å². The summed E-state index contributed by atoms with van der Waals surface area (Å²) in [6.45, 7) is -5.50. The molecule has 0 aliphatic rings. The van der Waals surface area contributed by atoms with Gasteiger partial charge in [-0.1, -0.05) is 0 Å². The molecule has 0 saturated heterocycles. The summed E-state index contributed by atoms with van der Waals surface area (Å²) < 4.78 is 0. The van der Waals surface area contributed by atoms with Gasteiger partial charge < -0.3 is 60.0 Å². The first-order chi connectivity index (χ1) is 18.4. The minimum absolute atomic E-state index is 0. The Bertz CT molecular complexity index is 734. The van der Waals surface area contributed by atoms with Crippen molar-refractivity contribution in [2.45, 2.75) is 0 Å². The summed E-state index contributed by atoms with van der Waals surface area (Å²) in [6.07, 6.45) is 0. The molecule has 0 rings (SSSR count). The maximum atomic E-state index is 10.6. The van der Waals surface area contributed by atoms with Crippen LogP contribution in [0.4, 0.5) is 0 Å². The van der Waals surface area contributed by atoms with Crippen molar-refractivity contribution in [3.63, 3.8) is 0 Å². The van der Waals surface area contributed by atoms with E-state index in [0.29, 0.717) is 0 Å². The van der Waals surface area contributed by atoms with Crippen molar-refractivity contribution in [3.05, 3.63) is 0 Å². The van der Waals surface area contributed by atoms with Gasteiger partial charge in [0.15, 0.2) is 0 Å². The first-order valence-corrected chi connectivity index (χ1v) is 11.0. The molecule has 20 nitrogen and oxygen atoms in total. The van der Waals surface area contributed by atoms with Crippen LogP contribution in [0, 0.1) is 0 Å². The van der Waals surface area contributed by atoms with Gasteiger partial charge in [0.1, 0.15) is 0 Å². The molecule has 0 aromatic carbocycles. The van der Waals surface area contributed by atoms with Crippen molar-refractivity contribution in [2.75, 3.05) is 78.5 Å². The predicted octanol–water partition coefficient (Wildman–Crippen LogP) is -18.1. The van der Waals surface area contributed by atoms with Crippen molar-refractivity contribution in [3.8, 4) is 0 Å². The summed E-state index contributed by atoms with van der Waals surface area (Å²) in [4.78, 5) is 87.8. The SMILES string of the molecule is O=C(O)CN(CCN(CC(=O)O)CC(=O)O)CC(=O)O.O=C([O-])CN(CCN(CC(=O)[O-])CC(=O)[O-])CC(=O)[O-].[Ca+2].[CaH2].[Na+].[Na+].[NaH].[NaH]. The quantitative estimate of drug-likeness (QED) is 0.0745. The molecule has 0 amide bonds. The van der Waals surface area contributed by atoms with Gasteiger partial charge in [-0.15, -0.1) is 0 Å². The Morgan fingerprint density at radius 2 is 0.522 bits per heavy atom. The molecule has 46 heavy (non-hydrogen) atoms. The molecule has 0 unspecified atom stereocenters. The maximum absolute atomic E-state index is 10.6. The van der Waals surface area contributed by atoms with Crippen LogP contribution >= 0.6 is 0 Å². The van der Waals surface area contributed by atoms with Crippen LogP contribution in [0.25, 0.3) is 0 Å². The Hall–Kier alpha value is 2.12. The first kappa shape index (κ1) is 66.4. The number of nitrogens with zero attached hydrogens (tertiary/aromatic N) is 4. The summed E-state index contributed by atoms with van der Waals surface area (Å²) in [5.41, 5.74) is 0. The molecule has 4 N–H and O–H groups in total. The van der Waals surface area contributed by atoms with Crippen molar-refractivity contribution in [1.82, 2.24) is 19.6 Å². The van der Waals surface area contributed by atoms with Crippen LogP contribution in [-0.2, 0) is 38.4 Å². The van der Waals surface area contributed by atoms with E-state index in [-0.39, 0.29) is 220 Å². The number of carboxylic acid groups (broad SMARTS) is 8. The minimum atomic E-state index is -1.53. The van der Waals surface area contributed by atoms with E-state index in [1.165, 1.54) is 0 Å². The number of carbonyl (C=O) groups excluding carboxylic acids is 4. The molecule has 0 bridgehead atoms. The average molecular weight is 757 g/mol. The molecule has 0 aromatic rings. The Kier molecular flexibility index (Phi) is 57.6. The summed E-state index contributed by atoms with van der Waals surface area (Å²) in [6, 6.07) is 0. The van der Waals surface area contributed by atoms with E-state index in [1.54, 1.807) is 0 Å². The van der Waals surface area contributed by atoms with Crippen LogP contribution in [-0.4, -0.2) is 301 Å². The van der Waals surface area contributed by atoms with Gasteiger partial charge in [0.05, 0.1) is 50.1 Å². The van der Waals surface area contributed by atoms with Crippen molar-refractivity contribution < 1.29 is 138 Å². The molecule has 0 radical (unpaired) electrons. The van der Waals surface area contributed by atoms with Gasteiger partial charge in [-0.3, -0.25) is 38.8 Å². The Morgan fingerprint density at radius 1 is 0.391 bits per heavy atom. The monoisotopic (exact) mass is 756 g/mol. The van der Waals surface area contributed by atoms with Gasteiger partial charge in [-0.2, -0.15) is 0 Å². The number of hydrogen-bond donors (Lipinski definition) is 4. The third kappa shape index (κ3) is 48.2. The normalized spacial score (nSPS) is 9.30. The van der Waals surface area contributed by atoms with Crippen LogP contribution in [0.2, 0.25) is 0 Å². The molecule has 0 heterocycles. The van der Waals surface area contributed by atoms with Gasteiger partial charge in [-0.25, -0.2) is 0 Å². The predicted molar refractivity (Wildman–Crippen MR) is 145 cm³/mol. The molecule has 0 aliphatic carbocycles. The molecule has 0 saturated carbocycles. The fraction of sp³-hybridized carbons (Fsp3) is 0.600. The Morgan fingerprint density at radius 3 is 0.630 bits per heavy atom. The average Bonchev–Trinajstić information content (AvgIpc) is 2.72. The van der Waals surface area contributed by atoms with Crippen molar-refractivity contribution in [2.24, 2.45) is 0 Å². The molecule has 0 spiro atoms. The Labute approximate surface area is 411 Å². The van der Waals surface area contributed by atoms with E-state index in [9.17, 15) is 58.8 Å². The summed E-state index contributed by atoms with van der Waals surface area (Å²) >= 11 is 0. The van der Waals surface area contributed by atoms with Crippen LogP contribution < -0.4 is 79.5 Å². The third-order valence-corrected chi connectivity index (χ3v) is 4.31. The number of aliphatic carboxylic acids is 8. The standard InChI is InChI=1S/2C10H16N2O8.2Ca.4Na.4H/c2*13-7(14)3-11(4-8(15)16)1-2-12(5-9(17)18)6-10(19)20;;;;;;;;;;/h2*1-6H2,(H,13,14)(H,15,16)(H,17,18)(H,19,20);;;;;;;;;;/q;;;+2;;;2*+1;;;;/p-4. The number of carboxylic acids is 8. The fourth-order valence-corrected chi connectivity index (χ4v) is 2.92. The summed E-state index contributed by atoms with van der Waals surface area (Å²) in [5, 5.41) is 76.1. The second kappa shape index (κ2) is 39.9. The van der Waals surface area contributed by atoms with Crippen LogP contribution in [0.15, 0.2) is 0 Å². The van der Waals surface area contributed by atoms with Gasteiger partial charge in [0.25, 0.3) is 0 Å².